The SMILES string of the molecule is COc1ccc(-c2ccc3c(c2)C(C)(C)c2c4c(c5c(c2-3)C(C)(C)c2cc(-c3ccc(C=O)cc3)ccc2-5)C(C)(C)c2cc(-c3ccc(C=O)cc3)ccc2-4)cc1. The first-order chi connectivity index (χ1) is 27.4. The summed E-state index contributed by atoms with van der Waals surface area (Å²) >= 11 is 0. The molecule has 0 atom stereocenters. The lowest BCUT2D eigenvalue weighted by atomic mass is 9.71. The summed E-state index contributed by atoms with van der Waals surface area (Å²) in [5.74, 6) is 0.851. The molecule has 0 radical (unpaired) electrons. The number of carbonyl (C=O) groups excluding carboxylic acids is 2. The highest BCUT2D eigenvalue weighted by molar-refractivity contribution is 6.05. The van der Waals surface area contributed by atoms with Gasteiger partial charge in [0.25, 0.3) is 0 Å². The Bertz CT molecular complexity index is 2790. The van der Waals surface area contributed by atoms with Crippen LogP contribution in [0.3, 0.4) is 0 Å². The van der Waals surface area contributed by atoms with E-state index in [1.165, 1.54) is 77.9 Å². The van der Waals surface area contributed by atoms with Gasteiger partial charge in [-0.15, -0.1) is 0 Å². The summed E-state index contributed by atoms with van der Waals surface area (Å²) in [6.07, 6.45) is 1.80. The molecule has 0 aliphatic heterocycles. The third-order valence-electron chi connectivity index (χ3n) is 13.4. The van der Waals surface area contributed by atoms with E-state index in [9.17, 15) is 9.59 Å². The Balaban J connectivity index is 1.25. The van der Waals surface area contributed by atoms with Gasteiger partial charge in [0, 0.05) is 27.4 Å². The molecule has 0 aromatic heterocycles. The van der Waals surface area contributed by atoms with Gasteiger partial charge in [-0.2, -0.15) is 0 Å². The van der Waals surface area contributed by atoms with E-state index in [0.717, 1.165) is 40.6 Å². The van der Waals surface area contributed by atoms with Crippen LogP contribution < -0.4 is 4.74 Å². The largest absolute Gasteiger partial charge is 0.497 e. The summed E-state index contributed by atoms with van der Waals surface area (Å²) in [4.78, 5) is 23.0. The molecule has 3 aliphatic rings. The standard InChI is InChI=1S/C54H44O3/c1-52(2)44-27-37(34-14-10-32(30-56)11-15-34)19-24-41(44)47-49(52)46-40-23-18-36(33-12-8-31(29-55)9-13-33)26-43(40)53(3,4)50(46)48-42-25-20-38(28-45(42)54(5,6)51(47)48)35-16-21-39(57-7)22-17-35/h8-30H,1-7H3. The van der Waals surface area contributed by atoms with Crippen LogP contribution in [0.25, 0.3) is 66.8 Å². The predicted octanol–water partition coefficient (Wildman–Crippen LogP) is 13.2. The molecule has 7 aromatic carbocycles. The van der Waals surface area contributed by atoms with Gasteiger partial charge in [0.2, 0.25) is 0 Å². The molecule has 278 valence electrons. The van der Waals surface area contributed by atoms with Gasteiger partial charge in [-0.3, -0.25) is 9.59 Å². The molecule has 0 heterocycles. The highest BCUT2D eigenvalue weighted by atomic mass is 16.5. The van der Waals surface area contributed by atoms with E-state index < -0.39 is 0 Å². The predicted molar refractivity (Wildman–Crippen MR) is 233 cm³/mol. The zero-order valence-corrected chi connectivity index (χ0v) is 33.5. The number of benzene rings is 7. The van der Waals surface area contributed by atoms with Crippen LogP contribution in [0.4, 0.5) is 0 Å². The first-order valence-corrected chi connectivity index (χ1v) is 19.8. The second-order valence-corrected chi connectivity index (χ2v) is 17.6. The number of rotatable bonds is 6. The van der Waals surface area contributed by atoms with Crippen LogP contribution in [-0.4, -0.2) is 19.7 Å². The van der Waals surface area contributed by atoms with Crippen LogP contribution in [0.1, 0.15) is 95.6 Å². The quantitative estimate of drug-likeness (QED) is 0.159. The molecule has 10 rings (SSSR count). The van der Waals surface area contributed by atoms with Crippen LogP contribution in [0.15, 0.2) is 127 Å². The molecule has 3 heteroatoms. The van der Waals surface area contributed by atoms with Gasteiger partial charge in [-0.25, -0.2) is 0 Å². The Morgan fingerprint density at radius 3 is 0.947 bits per heavy atom. The summed E-state index contributed by atoms with van der Waals surface area (Å²) in [6, 6.07) is 45.3. The number of hydrogen-bond acceptors (Lipinski definition) is 3. The first-order valence-electron chi connectivity index (χ1n) is 19.8. The van der Waals surface area contributed by atoms with Crippen LogP contribution in [0.5, 0.6) is 5.75 Å². The van der Waals surface area contributed by atoms with E-state index in [1.54, 1.807) is 7.11 Å². The molecular formula is C54H44O3. The summed E-state index contributed by atoms with van der Waals surface area (Å²) in [6.45, 7) is 14.5. The fraction of sp³-hybridized carbons (Fsp3) is 0.185. The van der Waals surface area contributed by atoms with Gasteiger partial charge in [0.1, 0.15) is 18.3 Å². The lowest BCUT2D eigenvalue weighted by molar-refractivity contribution is 0.111. The number of ether oxygens (including phenoxy) is 1. The fourth-order valence-corrected chi connectivity index (χ4v) is 10.5. The van der Waals surface area contributed by atoms with Crippen LogP contribution >= 0.6 is 0 Å². The number of aldehydes is 2. The third kappa shape index (κ3) is 4.84. The molecule has 0 bridgehead atoms. The van der Waals surface area contributed by atoms with E-state index in [2.05, 4.69) is 133 Å². The van der Waals surface area contributed by atoms with Gasteiger partial charge in [-0.1, -0.05) is 139 Å². The highest BCUT2D eigenvalue weighted by Crippen LogP contribution is 2.67. The zero-order chi connectivity index (χ0) is 39.6. The van der Waals surface area contributed by atoms with Crippen molar-refractivity contribution in [3.8, 4) is 72.5 Å². The zero-order valence-electron chi connectivity index (χ0n) is 33.5. The number of fused-ring (bicyclic) bond motifs is 12. The second-order valence-electron chi connectivity index (χ2n) is 17.6. The summed E-state index contributed by atoms with van der Waals surface area (Å²) in [5, 5.41) is 0. The molecule has 3 nitrogen and oxygen atoms in total. The van der Waals surface area contributed by atoms with E-state index >= 15 is 0 Å². The monoisotopic (exact) mass is 740 g/mol. The molecule has 0 N–H and O–H groups in total. The molecule has 0 fully saturated rings. The molecule has 0 unspecified atom stereocenters. The van der Waals surface area contributed by atoms with Gasteiger partial charge in [0.15, 0.2) is 0 Å². The molecular weight excluding hydrogens is 697 g/mol. The summed E-state index contributed by atoms with van der Waals surface area (Å²) in [7, 11) is 1.71. The van der Waals surface area contributed by atoms with E-state index in [1.807, 2.05) is 36.4 Å². The molecule has 0 saturated heterocycles. The molecule has 7 aromatic rings. The number of hydrogen-bond donors (Lipinski definition) is 0. The summed E-state index contributed by atoms with van der Waals surface area (Å²) in [5.41, 5.74) is 23.6. The van der Waals surface area contributed by atoms with E-state index in [4.69, 9.17) is 4.74 Å². The third-order valence-corrected chi connectivity index (χ3v) is 13.4. The molecule has 0 amide bonds. The minimum atomic E-state index is -0.303. The van der Waals surface area contributed by atoms with Crippen LogP contribution in [0, 0.1) is 0 Å². The van der Waals surface area contributed by atoms with Gasteiger partial charge < -0.3 is 4.74 Å². The Morgan fingerprint density at radius 2 is 0.667 bits per heavy atom. The average Bonchev–Trinajstić information content (AvgIpc) is 3.72. The fourth-order valence-electron chi connectivity index (χ4n) is 10.5. The maximum Gasteiger partial charge on any atom is 0.150 e. The minimum Gasteiger partial charge on any atom is -0.497 e. The molecule has 3 aliphatic carbocycles. The number of methoxy groups -OCH3 is 1. The maximum absolute atomic E-state index is 11.5. The maximum atomic E-state index is 11.5. The minimum absolute atomic E-state index is 0.288. The van der Waals surface area contributed by atoms with Gasteiger partial charge in [0.05, 0.1) is 7.11 Å². The van der Waals surface area contributed by atoms with Crippen molar-refractivity contribution >= 4 is 12.6 Å². The van der Waals surface area contributed by atoms with Crippen molar-refractivity contribution in [1.82, 2.24) is 0 Å². The van der Waals surface area contributed by atoms with Gasteiger partial charge >= 0.3 is 0 Å². The lowest BCUT2D eigenvalue weighted by Crippen LogP contribution is -2.22. The van der Waals surface area contributed by atoms with Crippen molar-refractivity contribution in [3.05, 3.63) is 172 Å². The topological polar surface area (TPSA) is 43.4 Å². The van der Waals surface area contributed by atoms with E-state index in [0.29, 0.717) is 11.1 Å². The Hall–Kier alpha value is -6.32. The Labute approximate surface area is 335 Å². The van der Waals surface area contributed by atoms with Crippen molar-refractivity contribution in [1.29, 1.82) is 0 Å². The van der Waals surface area contributed by atoms with Crippen LogP contribution in [0.2, 0.25) is 0 Å². The Morgan fingerprint density at radius 1 is 0.386 bits per heavy atom. The highest BCUT2D eigenvalue weighted by Gasteiger charge is 2.52. The smallest absolute Gasteiger partial charge is 0.150 e. The summed E-state index contributed by atoms with van der Waals surface area (Å²) < 4.78 is 5.49. The molecule has 0 spiro atoms. The first kappa shape index (κ1) is 35.1. The normalized spacial score (nSPS) is 15.5. The lowest BCUT2D eigenvalue weighted by Gasteiger charge is -2.31. The number of carbonyl (C=O) groups is 2. The second kappa shape index (κ2) is 12.1. The van der Waals surface area contributed by atoms with Crippen molar-refractivity contribution in [2.45, 2.75) is 57.8 Å². The van der Waals surface area contributed by atoms with Crippen molar-refractivity contribution in [3.63, 3.8) is 0 Å². The van der Waals surface area contributed by atoms with Crippen molar-refractivity contribution in [2.75, 3.05) is 7.11 Å². The average molecular weight is 741 g/mol. The van der Waals surface area contributed by atoms with E-state index in [-0.39, 0.29) is 16.2 Å². The van der Waals surface area contributed by atoms with Crippen LogP contribution in [-0.2, 0) is 16.2 Å². The van der Waals surface area contributed by atoms with Crippen molar-refractivity contribution < 1.29 is 14.3 Å². The van der Waals surface area contributed by atoms with Gasteiger partial charge in [-0.05, 0) is 130 Å². The molecule has 0 saturated carbocycles. The Kier molecular flexibility index (Phi) is 7.45. The van der Waals surface area contributed by atoms with Crippen molar-refractivity contribution in [2.24, 2.45) is 0 Å². The molecule has 57 heavy (non-hydrogen) atoms.